The zero-order valence-corrected chi connectivity index (χ0v) is 18.5. The van der Waals surface area contributed by atoms with E-state index in [2.05, 4.69) is 35.8 Å². The molecule has 1 heterocycles. The molecule has 1 aliphatic rings. The van der Waals surface area contributed by atoms with Crippen molar-refractivity contribution in [3.05, 3.63) is 65.2 Å². The monoisotopic (exact) mass is 410 g/mol. The van der Waals surface area contributed by atoms with E-state index in [-0.39, 0.29) is 12.1 Å². The fourth-order valence-corrected chi connectivity index (χ4v) is 3.75. The summed E-state index contributed by atoms with van der Waals surface area (Å²) < 4.78 is 11.1. The summed E-state index contributed by atoms with van der Waals surface area (Å²) in [6, 6.07) is 16.1. The molecular weight excluding hydrogens is 376 g/mol. The van der Waals surface area contributed by atoms with Crippen molar-refractivity contribution in [3.63, 3.8) is 0 Å². The third kappa shape index (κ3) is 6.85. The number of hydrogen-bond acceptors (Lipinski definition) is 5. The van der Waals surface area contributed by atoms with Gasteiger partial charge in [0.1, 0.15) is 11.9 Å². The van der Waals surface area contributed by atoms with Gasteiger partial charge in [0.05, 0.1) is 12.2 Å². The van der Waals surface area contributed by atoms with E-state index in [1.165, 1.54) is 11.1 Å². The molecule has 1 atom stereocenters. The highest BCUT2D eigenvalue weighted by molar-refractivity contribution is 5.89. The van der Waals surface area contributed by atoms with Crippen molar-refractivity contribution in [3.8, 4) is 5.75 Å². The number of aryl methyl sites for hydroxylation is 1. The van der Waals surface area contributed by atoms with E-state index in [4.69, 9.17) is 9.47 Å². The molecule has 1 fully saturated rings. The van der Waals surface area contributed by atoms with Crippen LogP contribution in [0.1, 0.15) is 35.3 Å². The van der Waals surface area contributed by atoms with Gasteiger partial charge in [-0.25, -0.2) is 4.79 Å². The molecule has 0 aliphatic carbocycles. The van der Waals surface area contributed by atoms with E-state index in [1.54, 1.807) is 0 Å². The largest absolute Gasteiger partial charge is 0.489 e. The molecule has 0 saturated carbocycles. The Morgan fingerprint density at radius 1 is 0.967 bits per heavy atom. The average Bonchev–Trinajstić information content (AvgIpc) is 2.75. The molecule has 0 radical (unpaired) electrons. The van der Waals surface area contributed by atoms with Crippen LogP contribution >= 0.6 is 0 Å². The van der Waals surface area contributed by atoms with Gasteiger partial charge >= 0.3 is 5.97 Å². The number of piperazine rings is 1. The van der Waals surface area contributed by atoms with Gasteiger partial charge in [0, 0.05) is 39.3 Å². The van der Waals surface area contributed by atoms with E-state index in [1.807, 2.05) is 43.3 Å². The molecular formula is C25H34N2O3. The molecule has 0 bridgehead atoms. The maximum Gasteiger partial charge on any atom is 0.338 e. The third-order valence-corrected chi connectivity index (χ3v) is 5.52. The molecule has 1 aliphatic heterocycles. The summed E-state index contributed by atoms with van der Waals surface area (Å²) in [4.78, 5) is 16.7. The Hall–Kier alpha value is -2.37. The van der Waals surface area contributed by atoms with E-state index < -0.39 is 0 Å². The second kappa shape index (κ2) is 11.1. The summed E-state index contributed by atoms with van der Waals surface area (Å²) >= 11 is 0. The van der Waals surface area contributed by atoms with Gasteiger partial charge in [-0.2, -0.15) is 0 Å². The summed E-state index contributed by atoms with van der Waals surface area (Å²) in [5, 5.41) is 0. The lowest BCUT2D eigenvalue weighted by Gasteiger charge is -2.35. The zero-order valence-electron chi connectivity index (χ0n) is 18.5. The molecule has 162 valence electrons. The van der Waals surface area contributed by atoms with Crippen LogP contribution < -0.4 is 4.74 Å². The Labute approximate surface area is 180 Å². The number of carbonyl (C=O) groups is 1. The SMILES string of the molecule is CCOC(=O)c1ccc(CCN2CCN(CC(C)Oc3ccc(C)cc3)CC2)cc1. The third-order valence-electron chi connectivity index (χ3n) is 5.52. The zero-order chi connectivity index (χ0) is 21.3. The number of rotatable bonds is 9. The molecule has 0 N–H and O–H groups in total. The first-order chi connectivity index (χ1) is 14.5. The molecule has 1 unspecified atom stereocenters. The van der Waals surface area contributed by atoms with E-state index in [0.29, 0.717) is 12.2 Å². The predicted molar refractivity (Wildman–Crippen MR) is 120 cm³/mol. The van der Waals surface area contributed by atoms with Gasteiger partial charge in [-0.15, -0.1) is 0 Å². The number of hydrogen-bond donors (Lipinski definition) is 0. The fourth-order valence-electron chi connectivity index (χ4n) is 3.75. The Bertz CT molecular complexity index is 781. The predicted octanol–water partition coefficient (Wildman–Crippen LogP) is 3.80. The van der Waals surface area contributed by atoms with Gasteiger partial charge in [-0.1, -0.05) is 29.8 Å². The van der Waals surface area contributed by atoms with Gasteiger partial charge in [-0.3, -0.25) is 4.90 Å². The van der Waals surface area contributed by atoms with Crippen LogP contribution in [0.4, 0.5) is 0 Å². The number of benzene rings is 2. The molecule has 3 rings (SSSR count). The van der Waals surface area contributed by atoms with Crippen molar-refractivity contribution in [1.29, 1.82) is 0 Å². The maximum absolute atomic E-state index is 11.7. The number of carbonyl (C=O) groups excluding carboxylic acids is 1. The van der Waals surface area contributed by atoms with Gasteiger partial charge < -0.3 is 14.4 Å². The van der Waals surface area contributed by atoms with Crippen LogP contribution in [0.3, 0.4) is 0 Å². The molecule has 2 aromatic carbocycles. The van der Waals surface area contributed by atoms with Gasteiger partial charge in [-0.05, 0) is 57.0 Å². The first kappa shape index (κ1) is 22.3. The number of nitrogens with zero attached hydrogens (tertiary/aromatic N) is 2. The Balaban J connectivity index is 1.36. The van der Waals surface area contributed by atoms with Crippen LogP contribution in [-0.4, -0.2) is 67.7 Å². The van der Waals surface area contributed by atoms with E-state index >= 15 is 0 Å². The Morgan fingerprint density at radius 3 is 2.23 bits per heavy atom. The number of ether oxygens (including phenoxy) is 2. The lowest BCUT2D eigenvalue weighted by atomic mass is 10.1. The van der Waals surface area contributed by atoms with Crippen LogP contribution in [0, 0.1) is 6.92 Å². The second-order valence-electron chi connectivity index (χ2n) is 8.05. The topological polar surface area (TPSA) is 42.0 Å². The van der Waals surface area contributed by atoms with Crippen molar-refractivity contribution in [2.75, 3.05) is 45.9 Å². The summed E-state index contributed by atoms with van der Waals surface area (Å²) in [5.41, 5.74) is 3.13. The smallest absolute Gasteiger partial charge is 0.338 e. The second-order valence-corrected chi connectivity index (χ2v) is 8.05. The molecule has 5 nitrogen and oxygen atoms in total. The van der Waals surface area contributed by atoms with Crippen LogP contribution in [0.15, 0.2) is 48.5 Å². The van der Waals surface area contributed by atoms with Crippen LogP contribution in [0.5, 0.6) is 5.75 Å². The van der Waals surface area contributed by atoms with Crippen LogP contribution in [0.25, 0.3) is 0 Å². The Kier molecular flexibility index (Phi) is 8.29. The minimum Gasteiger partial charge on any atom is -0.489 e. The quantitative estimate of drug-likeness (QED) is 0.588. The lowest BCUT2D eigenvalue weighted by Crippen LogP contribution is -2.49. The van der Waals surface area contributed by atoms with E-state index in [0.717, 1.165) is 51.4 Å². The standard InChI is InChI=1S/C25H34N2O3/c1-4-29-25(28)23-9-7-22(8-10-23)13-14-26-15-17-27(18-16-26)19-21(3)30-24-11-5-20(2)6-12-24/h5-12,21H,4,13-19H2,1-3H3. The molecule has 0 amide bonds. The van der Waals surface area contributed by atoms with E-state index in [9.17, 15) is 4.79 Å². The van der Waals surface area contributed by atoms with Crippen molar-refractivity contribution < 1.29 is 14.3 Å². The highest BCUT2D eigenvalue weighted by Crippen LogP contribution is 2.14. The van der Waals surface area contributed by atoms with Crippen molar-refractivity contribution in [1.82, 2.24) is 9.80 Å². The maximum atomic E-state index is 11.7. The minimum atomic E-state index is -0.249. The first-order valence-corrected chi connectivity index (χ1v) is 11.0. The lowest BCUT2D eigenvalue weighted by molar-refractivity contribution is 0.0526. The average molecular weight is 411 g/mol. The summed E-state index contributed by atoms with van der Waals surface area (Å²) in [5.74, 6) is 0.696. The normalized spacial score (nSPS) is 16.2. The molecule has 0 aromatic heterocycles. The fraction of sp³-hybridized carbons (Fsp3) is 0.480. The van der Waals surface area contributed by atoms with Crippen molar-refractivity contribution in [2.24, 2.45) is 0 Å². The van der Waals surface area contributed by atoms with Crippen molar-refractivity contribution >= 4 is 5.97 Å². The van der Waals surface area contributed by atoms with Crippen LogP contribution in [-0.2, 0) is 11.2 Å². The highest BCUT2D eigenvalue weighted by Gasteiger charge is 2.19. The van der Waals surface area contributed by atoms with Gasteiger partial charge in [0.2, 0.25) is 0 Å². The van der Waals surface area contributed by atoms with Crippen LogP contribution in [0.2, 0.25) is 0 Å². The summed E-state index contributed by atoms with van der Waals surface area (Å²) in [6.45, 7) is 12.8. The molecule has 5 heteroatoms. The summed E-state index contributed by atoms with van der Waals surface area (Å²) in [7, 11) is 0. The number of esters is 1. The minimum absolute atomic E-state index is 0.178. The van der Waals surface area contributed by atoms with Gasteiger partial charge in [0.15, 0.2) is 0 Å². The first-order valence-electron chi connectivity index (χ1n) is 11.0. The van der Waals surface area contributed by atoms with Gasteiger partial charge in [0.25, 0.3) is 0 Å². The summed E-state index contributed by atoms with van der Waals surface area (Å²) in [6.07, 6.45) is 1.17. The molecule has 1 saturated heterocycles. The Morgan fingerprint density at radius 2 is 1.60 bits per heavy atom. The molecule has 0 spiro atoms. The molecule has 2 aromatic rings. The molecule has 30 heavy (non-hydrogen) atoms. The highest BCUT2D eigenvalue weighted by atomic mass is 16.5. The van der Waals surface area contributed by atoms with Crippen molar-refractivity contribution in [2.45, 2.75) is 33.3 Å².